The highest BCUT2D eigenvalue weighted by Gasteiger charge is 2.15. The van der Waals surface area contributed by atoms with Crippen molar-refractivity contribution in [3.8, 4) is 0 Å². The van der Waals surface area contributed by atoms with Gasteiger partial charge in [0.2, 0.25) is 0 Å². The largest absolute Gasteiger partial charge is 0.375 e. The third-order valence-corrected chi connectivity index (χ3v) is 4.69. The highest BCUT2D eigenvalue weighted by atomic mass is 32.2. The molecule has 0 amide bonds. The fraction of sp³-hybridized carbons (Fsp3) is 0.167. The van der Waals surface area contributed by atoms with Gasteiger partial charge < -0.3 is 10.7 Å². The average molecular weight is 308 g/mol. The fourth-order valence-corrected chi connectivity index (χ4v) is 3.41. The molecule has 6 nitrogen and oxygen atoms in total. The standard InChI is InChI=1S/C12H12N4O2S2/c1-20(17,18)9-4-2-3-8-11(9)16-10(15-8)5-7-6-19-12(13)14-7/h2-4,6H,5H2,1H3,(H2,13,14)(H,15,16). The predicted octanol–water partition coefficient (Wildman–Crippen LogP) is 1.60. The van der Waals surface area contributed by atoms with E-state index in [1.54, 1.807) is 18.2 Å². The number of nitrogens with zero attached hydrogens (tertiary/aromatic N) is 2. The molecular weight excluding hydrogens is 296 g/mol. The first-order valence-corrected chi connectivity index (χ1v) is 8.58. The maximum Gasteiger partial charge on any atom is 0.180 e. The lowest BCUT2D eigenvalue weighted by Gasteiger charge is -1.97. The molecule has 3 aromatic rings. The van der Waals surface area contributed by atoms with E-state index in [0.29, 0.717) is 28.4 Å². The van der Waals surface area contributed by atoms with Crippen molar-refractivity contribution in [3.05, 3.63) is 35.1 Å². The molecule has 2 heterocycles. The van der Waals surface area contributed by atoms with Crippen LogP contribution in [0.25, 0.3) is 11.0 Å². The van der Waals surface area contributed by atoms with Crippen LogP contribution in [0.5, 0.6) is 0 Å². The van der Waals surface area contributed by atoms with Gasteiger partial charge in [0.25, 0.3) is 0 Å². The summed E-state index contributed by atoms with van der Waals surface area (Å²) in [7, 11) is -3.30. The van der Waals surface area contributed by atoms with Gasteiger partial charge in [0.15, 0.2) is 15.0 Å². The summed E-state index contributed by atoms with van der Waals surface area (Å²) >= 11 is 1.37. The van der Waals surface area contributed by atoms with Crippen molar-refractivity contribution >= 4 is 37.3 Å². The van der Waals surface area contributed by atoms with E-state index in [2.05, 4.69) is 15.0 Å². The Kier molecular flexibility index (Phi) is 2.98. The number of nitrogen functional groups attached to an aromatic ring is 1. The van der Waals surface area contributed by atoms with E-state index in [4.69, 9.17) is 5.73 Å². The van der Waals surface area contributed by atoms with Crippen LogP contribution in [-0.2, 0) is 16.3 Å². The monoisotopic (exact) mass is 308 g/mol. The maximum absolute atomic E-state index is 11.7. The Bertz CT molecular complexity index is 880. The van der Waals surface area contributed by atoms with Crippen LogP contribution in [0, 0.1) is 0 Å². The van der Waals surface area contributed by atoms with Gasteiger partial charge in [0.1, 0.15) is 11.3 Å². The molecule has 1 aromatic carbocycles. The van der Waals surface area contributed by atoms with E-state index in [9.17, 15) is 8.42 Å². The summed E-state index contributed by atoms with van der Waals surface area (Å²) in [5.41, 5.74) is 7.56. The number of hydrogen-bond donors (Lipinski definition) is 2. The second-order valence-electron chi connectivity index (χ2n) is 4.46. The van der Waals surface area contributed by atoms with Crippen molar-refractivity contribution in [2.24, 2.45) is 0 Å². The van der Waals surface area contributed by atoms with Gasteiger partial charge in [-0.05, 0) is 12.1 Å². The number of fused-ring (bicyclic) bond motifs is 1. The van der Waals surface area contributed by atoms with Crippen LogP contribution in [0.1, 0.15) is 11.5 Å². The molecule has 0 aliphatic rings. The smallest absolute Gasteiger partial charge is 0.180 e. The number of nitrogens with one attached hydrogen (secondary N) is 1. The van der Waals surface area contributed by atoms with Crippen LogP contribution < -0.4 is 5.73 Å². The van der Waals surface area contributed by atoms with Crippen LogP contribution in [0.4, 0.5) is 5.13 Å². The molecule has 0 atom stereocenters. The molecule has 3 N–H and O–H groups in total. The van der Waals surface area contributed by atoms with Gasteiger partial charge in [-0.2, -0.15) is 0 Å². The van der Waals surface area contributed by atoms with Crippen molar-refractivity contribution in [2.75, 3.05) is 12.0 Å². The molecule has 0 spiro atoms. The summed E-state index contributed by atoms with van der Waals surface area (Å²) in [5.74, 6) is 0.668. The summed E-state index contributed by atoms with van der Waals surface area (Å²) in [6.07, 6.45) is 1.67. The molecule has 0 radical (unpaired) electrons. The van der Waals surface area contributed by atoms with Gasteiger partial charge in [0.05, 0.1) is 16.1 Å². The highest BCUT2D eigenvalue weighted by Crippen LogP contribution is 2.22. The van der Waals surface area contributed by atoms with Crippen molar-refractivity contribution in [1.82, 2.24) is 15.0 Å². The molecule has 3 rings (SSSR count). The van der Waals surface area contributed by atoms with Crippen LogP contribution in [0.15, 0.2) is 28.5 Å². The number of aromatic nitrogens is 3. The van der Waals surface area contributed by atoms with Crippen LogP contribution >= 0.6 is 11.3 Å². The van der Waals surface area contributed by atoms with Gasteiger partial charge in [-0.1, -0.05) is 6.07 Å². The number of thiazole rings is 1. The summed E-state index contributed by atoms with van der Waals surface area (Å²) < 4.78 is 23.5. The molecule has 0 saturated heterocycles. The molecule has 0 bridgehead atoms. The number of nitrogens with two attached hydrogens (primary N) is 1. The second-order valence-corrected chi connectivity index (χ2v) is 7.34. The quantitative estimate of drug-likeness (QED) is 0.765. The fourth-order valence-electron chi connectivity index (χ4n) is 2.02. The van der Waals surface area contributed by atoms with Gasteiger partial charge in [0, 0.05) is 18.1 Å². The minimum atomic E-state index is -3.30. The topological polar surface area (TPSA) is 102 Å². The van der Waals surface area contributed by atoms with E-state index in [-0.39, 0.29) is 4.90 Å². The number of benzene rings is 1. The minimum Gasteiger partial charge on any atom is -0.375 e. The van der Waals surface area contributed by atoms with E-state index < -0.39 is 9.84 Å². The zero-order chi connectivity index (χ0) is 14.3. The lowest BCUT2D eigenvalue weighted by atomic mass is 10.3. The first kappa shape index (κ1) is 13.1. The van der Waals surface area contributed by atoms with Gasteiger partial charge >= 0.3 is 0 Å². The number of H-pyrrole nitrogens is 1. The number of rotatable bonds is 3. The molecule has 104 valence electrons. The molecule has 0 fully saturated rings. The summed E-state index contributed by atoms with van der Waals surface area (Å²) in [6, 6.07) is 5.06. The maximum atomic E-state index is 11.7. The van der Waals surface area contributed by atoms with E-state index in [1.165, 1.54) is 17.6 Å². The van der Waals surface area contributed by atoms with Crippen molar-refractivity contribution in [3.63, 3.8) is 0 Å². The van der Waals surface area contributed by atoms with Crippen LogP contribution in [0.2, 0.25) is 0 Å². The van der Waals surface area contributed by atoms with E-state index >= 15 is 0 Å². The SMILES string of the molecule is CS(=O)(=O)c1cccc2[nH]c(Cc3csc(N)n3)nc12. The van der Waals surface area contributed by atoms with Crippen molar-refractivity contribution < 1.29 is 8.42 Å². The summed E-state index contributed by atoms with van der Waals surface area (Å²) in [5, 5.41) is 2.37. The van der Waals surface area contributed by atoms with Crippen molar-refractivity contribution in [1.29, 1.82) is 0 Å². The first-order valence-electron chi connectivity index (χ1n) is 5.81. The zero-order valence-corrected chi connectivity index (χ0v) is 12.3. The molecule has 2 aromatic heterocycles. The van der Waals surface area contributed by atoms with Crippen LogP contribution in [-0.4, -0.2) is 29.6 Å². The molecule has 8 heteroatoms. The number of para-hydroxylation sites is 1. The van der Waals surface area contributed by atoms with Gasteiger partial charge in [-0.3, -0.25) is 0 Å². The van der Waals surface area contributed by atoms with E-state index in [0.717, 1.165) is 5.69 Å². The first-order chi connectivity index (χ1) is 9.43. The molecule has 0 aliphatic heterocycles. The summed E-state index contributed by atoms with van der Waals surface area (Å²) in [4.78, 5) is 11.9. The molecule has 0 unspecified atom stereocenters. The summed E-state index contributed by atoms with van der Waals surface area (Å²) in [6.45, 7) is 0. The lowest BCUT2D eigenvalue weighted by molar-refractivity contribution is 0.602. The van der Waals surface area contributed by atoms with E-state index in [1.807, 2.05) is 5.38 Å². The number of anilines is 1. The Hall–Kier alpha value is -1.93. The average Bonchev–Trinajstić information content (AvgIpc) is 2.93. The van der Waals surface area contributed by atoms with Gasteiger partial charge in [-0.15, -0.1) is 11.3 Å². The Labute approximate surface area is 119 Å². The molecular formula is C12H12N4O2S2. The molecule has 20 heavy (non-hydrogen) atoms. The van der Waals surface area contributed by atoms with Gasteiger partial charge in [-0.25, -0.2) is 18.4 Å². The Balaban J connectivity index is 2.07. The van der Waals surface area contributed by atoms with Crippen molar-refractivity contribution in [2.45, 2.75) is 11.3 Å². The third kappa shape index (κ3) is 2.39. The number of hydrogen-bond acceptors (Lipinski definition) is 6. The Morgan fingerprint density at radius 1 is 1.35 bits per heavy atom. The van der Waals surface area contributed by atoms with Crippen LogP contribution in [0.3, 0.4) is 0 Å². The predicted molar refractivity (Wildman–Crippen MR) is 78.5 cm³/mol. The highest BCUT2D eigenvalue weighted by molar-refractivity contribution is 7.91. The third-order valence-electron chi connectivity index (χ3n) is 2.84. The lowest BCUT2D eigenvalue weighted by Crippen LogP contribution is -1.98. The number of sulfone groups is 1. The molecule has 0 saturated carbocycles. The number of imidazole rings is 1. The number of aromatic amines is 1. The minimum absolute atomic E-state index is 0.232. The zero-order valence-electron chi connectivity index (χ0n) is 10.6. The Morgan fingerprint density at radius 2 is 2.15 bits per heavy atom. The Morgan fingerprint density at radius 3 is 2.80 bits per heavy atom. The second kappa shape index (κ2) is 4.57. The molecule has 0 aliphatic carbocycles. The normalized spacial score (nSPS) is 12.1.